The van der Waals surface area contributed by atoms with Gasteiger partial charge in [-0.3, -0.25) is 4.90 Å². The van der Waals surface area contributed by atoms with E-state index < -0.39 is 0 Å². The van der Waals surface area contributed by atoms with E-state index in [1.165, 1.54) is 5.56 Å². The Bertz CT molecular complexity index is 891. The van der Waals surface area contributed by atoms with Gasteiger partial charge >= 0.3 is 0 Å². The first-order chi connectivity index (χ1) is 13.3. The van der Waals surface area contributed by atoms with Gasteiger partial charge in [-0.25, -0.2) is 14.6 Å². The van der Waals surface area contributed by atoms with Crippen LogP contribution < -0.4 is 10.5 Å². The van der Waals surface area contributed by atoms with Crippen LogP contribution in [-0.2, 0) is 13.1 Å². The number of rotatable bonds is 7. The van der Waals surface area contributed by atoms with E-state index in [0.717, 1.165) is 48.7 Å². The molecule has 2 aromatic heterocycles. The molecule has 142 valence electrons. The van der Waals surface area contributed by atoms with E-state index >= 15 is 0 Å². The number of nitrogens with two attached hydrogens (primary N) is 1. The summed E-state index contributed by atoms with van der Waals surface area (Å²) < 4.78 is 7.42. The van der Waals surface area contributed by atoms with Crippen LogP contribution in [0.5, 0.6) is 5.75 Å². The molecule has 1 saturated heterocycles. The Labute approximate surface area is 159 Å². The molecule has 1 unspecified atom stereocenters. The van der Waals surface area contributed by atoms with Crippen molar-refractivity contribution in [2.45, 2.75) is 32.4 Å². The molecule has 1 aliphatic heterocycles. The molecule has 0 amide bonds. The molecule has 1 aliphatic rings. The summed E-state index contributed by atoms with van der Waals surface area (Å²) in [5, 5.41) is 4.80. The smallest absolute Gasteiger partial charge is 0.177 e. The summed E-state index contributed by atoms with van der Waals surface area (Å²) in [5.41, 5.74) is 9.84. The second kappa shape index (κ2) is 8.02. The van der Waals surface area contributed by atoms with Gasteiger partial charge in [-0.05, 0) is 37.6 Å². The minimum atomic E-state index is 0.380. The van der Waals surface area contributed by atoms with Crippen LogP contribution in [0.4, 0.5) is 0 Å². The fourth-order valence-corrected chi connectivity index (χ4v) is 3.79. The van der Waals surface area contributed by atoms with Gasteiger partial charge in [-0.15, -0.1) is 0 Å². The second-order valence-corrected chi connectivity index (χ2v) is 6.92. The lowest BCUT2D eigenvalue weighted by molar-refractivity contribution is 0.324. The van der Waals surface area contributed by atoms with Gasteiger partial charge < -0.3 is 10.5 Å². The highest BCUT2D eigenvalue weighted by Gasteiger charge is 2.29. The lowest BCUT2D eigenvalue weighted by Gasteiger charge is -2.16. The third kappa shape index (κ3) is 3.79. The number of aromatic nitrogens is 4. The van der Waals surface area contributed by atoms with Crippen LogP contribution in [0, 0.1) is 0 Å². The second-order valence-electron chi connectivity index (χ2n) is 6.92. The highest BCUT2D eigenvalue weighted by Crippen LogP contribution is 2.31. The van der Waals surface area contributed by atoms with Crippen molar-refractivity contribution in [2.75, 3.05) is 26.2 Å². The fourth-order valence-electron chi connectivity index (χ4n) is 3.79. The van der Waals surface area contributed by atoms with Crippen molar-refractivity contribution in [3.05, 3.63) is 47.9 Å². The fraction of sp³-hybridized carbons (Fsp3) is 0.450. The Morgan fingerprint density at radius 1 is 1.19 bits per heavy atom. The Morgan fingerprint density at radius 3 is 2.78 bits per heavy atom. The van der Waals surface area contributed by atoms with Gasteiger partial charge in [0.05, 0.1) is 18.8 Å². The molecular formula is C20H26N6O. The summed E-state index contributed by atoms with van der Waals surface area (Å²) in [6, 6.07) is 8.39. The number of fused-ring (bicyclic) bond motifs is 1. The third-order valence-electron chi connectivity index (χ3n) is 5.03. The van der Waals surface area contributed by atoms with Gasteiger partial charge in [-0.2, -0.15) is 5.10 Å². The van der Waals surface area contributed by atoms with E-state index in [0.29, 0.717) is 25.6 Å². The van der Waals surface area contributed by atoms with Crippen molar-refractivity contribution in [1.29, 1.82) is 0 Å². The van der Waals surface area contributed by atoms with E-state index in [9.17, 15) is 0 Å². The standard InChI is InChI=1S/C20H26N6O/c1-2-27-17-5-3-15(4-6-17)13-25-11-7-16(14-25)18-19-20(23-10-9-22-19)26(24-18)12-8-21/h3-6,9-10,16H,2,7-8,11-14,21H2,1H3. The van der Waals surface area contributed by atoms with Crippen LogP contribution in [0.3, 0.4) is 0 Å². The number of benzene rings is 1. The van der Waals surface area contributed by atoms with Gasteiger partial charge in [0.2, 0.25) is 0 Å². The Hall–Kier alpha value is -2.51. The number of hydrogen-bond donors (Lipinski definition) is 1. The molecule has 7 heteroatoms. The van der Waals surface area contributed by atoms with Gasteiger partial charge in [0.1, 0.15) is 11.3 Å². The minimum absolute atomic E-state index is 0.380. The molecule has 1 atom stereocenters. The molecule has 1 fully saturated rings. The van der Waals surface area contributed by atoms with Crippen LogP contribution in [0.15, 0.2) is 36.7 Å². The monoisotopic (exact) mass is 366 g/mol. The van der Waals surface area contributed by atoms with Crippen molar-refractivity contribution >= 4 is 11.2 Å². The molecule has 0 bridgehead atoms. The predicted octanol–water partition coefficient (Wildman–Crippen LogP) is 2.17. The van der Waals surface area contributed by atoms with E-state index in [1.54, 1.807) is 12.4 Å². The summed E-state index contributed by atoms with van der Waals surface area (Å²) >= 11 is 0. The highest BCUT2D eigenvalue weighted by molar-refractivity contribution is 5.73. The molecule has 0 radical (unpaired) electrons. The molecule has 3 heterocycles. The lowest BCUT2D eigenvalue weighted by Crippen LogP contribution is -2.20. The van der Waals surface area contributed by atoms with Crippen molar-refractivity contribution in [1.82, 2.24) is 24.6 Å². The number of nitrogens with zero attached hydrogens (tertiary/aromatic N) is 5. The van der Waals surface area contributed by atoms with Crippen LogP contribution in [0.2, 0.25) is 0 Å². The normalized spacial score (nSPS) is 17.6. The maximum absolute atomic E-state index is 5.73. The van der Waals surface area contributed by atoms with Crippen LogP contribution in [-0.4, -0.2) is 50.9 Å². The largest absolute Gasteiger partial charge is 0.494 e. The van der Waals surface area contributed by atoms with Gasteiger partial charge in [0, 0.05) is 37.9 Å². The Balaban J connectivity index is 1.47. The SMILES string of the molecule is CCOc1ccc(CN2CCC(c3nn(CCN)c4nccnc34)C2)cc1. The molecule has 3 aromatic rings. The quantitative estimate of drug-likeness (QED) is 0.690. The maximum Gasteiger partial charge on any atom is 0.177 e. The molecule has 4 rings (SSSR count). The zero-order valence-electron chi connectivity index (χ0n) is 15.7. The minimum Gasteiger partial charge on any atom is -0.494 e. The third-order valence-corrected chi connectivity index (χ3v) is 5.03. The zero-order valence-corrected chi connectivity index (χ0v) is 15.7. The van der Waals surface area contributed by atoms with Crippen molar-refractivity contribution in [2.24, 2.45) is 5.73 Å². The first-order valence-electron chi connectivity index (χ1n) is 9.60. The first kappa shape index (κ1) is 17.9. The van der Waals surface area contributed by atoms with E-state index in [2.05, 4.69) is 27.0 Å². The van der Waals surface area contributed by atoms with Crippen LogP contribution in [0.25, 0.3) is 11.2 Å². The van der Waals surface area contributed by atoms with E-state index in [-0.39, 0.29) is 0 Å². The summed E-state index contributed by atoms with van der Waals surface area (Å²) in [6.07, 6.45) is 4.54. The molecular weight excluding hydrogens is 340 g/mol. The Kier molecular flexibility index (Phi) is 5.31. The van der Waals surface area contributed by atoms with Crippen LogP contribution in [0.1, 0.15) is 30.5 Å². The average molecular weight is 366 g/mol. The highest BCUT2D eigenvalue weighted by atomic mass is 16.5. The predicted molar refractivity (Wildman–Crippen MR) is 105 cm³/mol. The summed E-state index contributed by atoms with van der Waals surface area (Å²) in [4.78, 5) is 11.5. The molecule has 1 aromatic carbocycles. The molecule has 7 nitrogen and oxygen atoms in total. The molecule has 0 aliphatic carbocycles. The van der Waals surface area contributed by atoms with Crippen molar-refractivity contribution in [3.63, 3.8) is 0 Å². The molecule has 0 saturated carbocycles. The van der Waals surface area contributed by atoms with Gasteiger partial charge in [-0.1, -0.05) is 12.1 Å². The average Bonchev–Trinajstić information content (AvgIpc) is 3.29. The van der Waals surface area contributed by atoms with Gasteiger partial charge in [0.25, 0.3) is 0 Å². The van der Waals surface area contributed by atoms with Gasteiger partial charge in [0.15, 0.2) is 5.65 Å². The zero-order chi connectivity index (χ0) is 18.6. The lowest BCUT2D eigenvalue weighted by atomic mass is 10.0. The number of likely N-dealkylation sites (tertiary alicyclic amines) is 1. The number of hydrogen-bond acceptors (Lipinski definition) is 6. The van der Waals surface area contributed by atoms with Crippen LogP contribution >= 0.6 is 0 Å². The van der Waals surface area contributed by atoms with E-state index in [4.69, 9.17) is 15.6 Å². The summed E-state index contributed by atoms with van der Waals surface area (Å²) in [6.45, 7) is 6.89. The topological polar surface area (TPSA) is 82.1 Å². The van der Waals surface area contributed by atoms with E-state index in [1.807, 2.05) is 23.7 Å². The number of ether oxygens (including phenoxy) is 1. The van der Waals surface area contributed by atoms with Crippen molar-refractivity contribution < 1.29 is 4.74 Å². The van der Waals surface area contributed by atoms with Crippen molar-refractivity contribution in [3.8, 4) is 5.75 Å². The summed E-state index contributed by atoms with van der Waals surface area (Å²) in [7, 11) is 0. The Morgan fingerprint density at radius 2 is 2.00 bits per heavy atom. The maximum atomic E-state index is 5.73. The molecule has 27 heavy (non-hydrogen) atoms. The molecule has 2 N–H and O–H groups in total. The first-order valence-corrected chi connectivity index (χ1v) is 9.60. The summed E-state index contributed by atoms with van der Waals surface area (Å²) in [5.74, 6) is 1.31. The molecule has 0 spiro atoms.